The van der Waals surface area contributed by atoms with Crippen LogP contribution in [-0.2, 0) is 4.79 Å². The highest BCUT2D eigenvalue weighted by atomic mass is 16.4. The number of rotatable bonds is 16. The molecule has 0 aromatic rings. The van der Waals surface area contributed by atoms with Crippen LogP contribution in [0, 0.1) is 0 Å². The van der Waals surface area contributed by atoms with Crippen molar-refractivity contribution >= 4 is 5.91 Å². The molecule has 0 aromatic heterocycles. The highest BCUT2D eigenvalue weighted by molar-refractivity contribution is 5.75. The average Bonchev–Trinajstić information content (AvgIpc) is 2.64. The molecule has 0 aromatic carbocycles. The third-order valence-corrected chi connectivity index (χ3v) is 4.71. The molecule has 0 rings (SSSR count). The zero-order valence-corrected chi connectivity index (χ0v) is 16.4. The maximum Gasteiger partial charge on any atom is 0.222 e. The molecule has 0 aliphatic rings. The van der Waals surface area contributed by atoms with Crippen LogP contribution in [0.25, 0.3) is 0 Å². The first kappa shape index (κ1) is 25.3. The van der Waals surface area contributed by atoms with Crippen LogP contribution in [0.5, 0.6) is 0 Å². The largest absolute Gasteiger partial charge is 0.394 e. The molecule has 1 amide bonds. The normalized spacial score (nSPS) is 16.1. The van der Waals surface area contributed by atoms with Gasteiger partial charge < -0.3 is 30.4 Å². The molecular weight excluding hydrogens is 338 g/mol. The number of hydrogen-bond donors (Lipinski definition) is 5. The van der Waals surface area contributed by atoms with Gasteiger partial charge in [0.25, 0.3) is 0 Å². The Morgan fingerprint density at radius 3 is 1.77 bits per heavy atom. The molecule has 26 heavy (non-hydrogen) atoms. The maximum absolute atomic E-state index is 12.0. The Bertz CT molecular complexity index is 355. The smallest absolute Gasteiger partial charge is 0.222 e. The Hall–Kier alpha value is -0.730. The molecule has 0 aliphatic heterocycles. The fourth-order valence-electron chi connectivity index (χ4n) is 2.83. The monoisotopic (exact) mass is 377 g/mol. The number of carbonyl (C=O) groups is 1. The highest BCUT2D eigenvalue weighted by Gasteiger charge is 2.31. The summed E-state index contributed by atoms with van der Waals surface area (Å²) in [5.41, 5.74) is 0. The summed E-state index contributed by atoms with van der Waals surface area (Å²) in [5.74, 6) is -0.128. The van der Waals surface area contributed by atoms with Crippen LogP contribution in [-0.4, -0.2) is 81.0 Å². The minimum atomic E-state index is -1.67. The maximum atomic E-state index is 12.0. The molecule has 0 fully saturated rings. The zero-order valence-electron chi connectivity index (χ0n) is 16.4. The van der Waals surface area contributed by atoms with Gasteiger partial charge in [-0.05, 0) is 6.42 Å². The van der Waals surface area contributed by atoms with E-state index < -0.39 is 31.0 Å². The second kappa shape index (κ2) is 15.3. The van der Waals surface area contributed by atoms with Gasteiger partial charge in [0, 0.05) is 20.0 Å². The number of carbonyl (C=O) groups excluding carboxylic acids is 1. The standard InChI is InChI=1S/C19H39NO6/c1-3-4-5-6-7-8-9-10-11-12-17(24)20(2)13-15(22)18(25)19(26)16(23)14-21/h15-16,18-19,21-23,25-26H,3-14H2,1-2H3/t15-,16+,18-,19+/m0/s1. The molecule has 4 atom stereocenters. The molecule has 0 saturated carbocycles. The lowest BCUT2D eigenvalue weighted by Crippen LogP contribution is -2.49. The SMILES string of the molecule is CCCCCCCCCCCC(=O)N(C)C[C@H](O)[C@H](O)[C@H](O)[C@H](O)CO. The lowest BCUT2D eigenvalue weighted by Gasteiger charge is -2.28. The van der Waals surface area contributed by atoms with Gasteiger partial charge in [-0.2, -0.15) is 0 Å². The fraction of sp³-hybridized carbons (Fsp3) is 0.947. The van der Waals surface area contributed by atoms with Crippen molar-refractivity contribution in [1.82, 2.24) is 4.90 Å². The lowest BCUT2D eigenvalue weighted by atomic mass is 10.0. The molecular formula is C19H39NO6. The molecule has 0 saturated heterocycles. The van der Waals surface area contributed by atoms with Gasteiger partial charge in [0.1, 0.15) is 24.4 Å². The van der Waals surface area contributed by atoms with Crippen LogP contribution in [0.3, 0.4) is 0 Å². The minimum absolute atomic E-state index is 0.128. The van der Waals surface area contributed by atoms with E-state index in [0.29, 0.717) is 6.42 Å². The van der Waals surface area contributed by atoms with Gasteiger partial charge in [-0.15, -0.1) is 0 Å². The third-order valence-electron chi connectivity index (χ3n) is 4.71. The number of aliphatic hydroxyl groups is 5. The molecule has 0 spiro atoms. The summed E-state index contributed by atoms with van der Waals surface area (Å²) < 4.78 is 0. The van der Waals surface area contributed by atoms with E-state index in [1.54, 1.807) is 0 Å². The van der Waals surface area contributed by atoms with Gasteiger partial charge in [-0.3, -0.25) is 4.79 Å². The number of amides is 1. The Kier molecular flexibility index (Phi) is 14.9. The van der Waals surface area contributed by atoms with Crippen LogP contribution >= 0.6 is 0 Å². The summed E-state index contributed by atoms with van der Waals surface area (Å²) in [5, 5.41) is 47.3. The van der Waals surface area contributed by atoms with Gasteiger partial charge in [0.2, 0.25) is 5.91 Å². The zero-order chi connectivity index (χ0) is 19.9. The van der Waals surface area contributed by atoms with Crippen LogP contribution < -0.4 is 0 Å². The minimum Gasteiger partial charge on any atom is -0.394 e. The lowest BCUT2D eigenvalue weighted by molar-refractivity contribution is -0.138. The van der Waals surface area contributed by atoms with Gasteiger partial charge in [0.05, 0.1) is 6.61 Å². The van der Waals surface area contributed by atoms with Crippen molar-refractivity contribution in [2.45, 2.75) is 95.5 Å². The summed E-state index contributed by atoms with van der Waals surface area (Å²) in [7, 11) is 1.53. The van der Waals surface area contributed by atoms with E-state index >= 15 is 0 Å². The fourth-order valence-corrected chi connectivity index (χ4v) is 2.83. The predicted octanol–water partition coefficient (Wildman–Crippen LogP) is 0.802. The topological polar surface area (TPSA) is 121 Å². The van der Waals surface area contributed by atoms with Crippen molar-refractivity contribution in [3.05, 3.63) is 0 Å². The Labute approximate surface area is 157 Å². The van der Waals surface area contributed by atoms with Crippen molar-refractivity contribution in [3.8, 4) is 0 Å². The highest BCUT2D eigenvalue weighted by Crippen LogP contribution is 2.12. The van der Waals surface area contributed by atoms with E-state index in [4.69, 9.17) is 5.11 Å². The average molecular weight is 378 g/mol. The molecule has 0 heterocycles. The number of nitrogens with zero attached hydrogens (tertiary/aromatic N) is 1. The number of hydrogen-bond acceptors (Lipinski definition) is 6. The van der Waals surface area contributed by atoms with E-state index in [2.05, 4.69) is 6.92 Å². The quantitative estimate of drug-likeness (QED) is 0.254. The molecule has 7 heteroatoms. The van der Waals surface area contributed by atoms with Gasteiger partial charge in [-0.1, -0.05) is 58.3 Å². The van der Waals surface area contributed by atoms with Gasteiger partial charge in [-0.25, -0.2) is 0 Å². The first-order valence-electron chi connectivity index (χ1n) is 9.92. The van der Waals surface area contributed by atoms with Gasteiger partial charge >= 0.3 is 0 Å². The first-order valence-corrected chi connectivity index (χ1v) is 9.92. The molecule has 0 radical (unpaired) electrons. The van der Waals surface area contributed by atoms with Crippen molar-refractivity contribution in [2.24, 2.45) is 0 Å². The van der Waals surface area contributed by atoms with Gasteiger partial charge in [0.15, 0.2) is 0 Å². The number of aliphatic hydroxyl groups excluding tert-OH is 5. The van der Waals surface area contributed by atoms with Crippen molar-refractivity contribution in [2.75, 3.05) is 20.2 Å². The van der Waals surface area contributed by atoms with E-state index in [1.807, 2.05) is 0 Å². The van der Waals surface area contributed by atoms with Crippen molar-refractivity contribution in [3.63, 3.8) is 0 Å². The van der Waals surface area contributed by atoms with Crippen LogP contribution in [0.15, 0.2) is 0 Å². The summed E-state index contributed by atoms with van der Waals surface area (Å²) in [6.07, 6.45) is 4.64. The molecule has 0 unspecified atom stereocenters. The van der Waals surface area contributed by atoms with Crippen LogP contribution in [0.1, 0.15) is 71.1 Å². The first-order chi connectivity index (χ1) is 12.3. The van der Waals surface area contributed by atoms with E-state index in [0.717, 1.165) is 19.3 Å². The Balaban J connectivity index is 3.88. The van der Waals surface area contributed by atoms with Crippen molar-refractivity contribution in [1.29, 1.82) is 0 Å². The molecule has 156 valence electrons. The molecule has 7 nitrogen and oxygen atoms in total. The number of unbranched alkanes of at least 4 members (excludes halogenated alkanes) is 8. The van der Waals surface area contributed by atoms with Crippen LogP contribution in [0.2, 0.25) is 0 Å². The Morgan fingerprint density at radius 2 is 1.27 bits per heavy atom. The second-order valence-corrected chi connectivity index (χ2v) is 7.15. The van der Waals surface area contributed by atoms with Crippen molar-refractivity contribution < 1.29 is 30.3 Å². The molecule has 0 aliphatic carbocycles. The van der Waals surface area contributed by atoms with Crippen LogP contribution in [0.4, 0.5) is 0 Å². The summed E-state index contributed by atoms with van der Waals surface area (Å²) >= 11 is 0. The summed E-state index contributed by atoms with van der Waals surface area (Å²) in [6.45, 7) is 1.33. The summed E-state index contributed by atoms with van der Waals surface area (Å²) in [6, 6.07) is 0. The second-order valence-electron chi connectivity index (χ2n) is 7.15. The summed E-state index contributed by atoms with van der Waals surface area (Å²) in [4.78, 5) is 13.4. The van der Waals surface area contributed by atoms with E-state index in [1.165, 1.54) is 50.5 Å². The van der Waals surface area contributed by atoms with E-state index in [9.17, 15) is 25.2 Å². The Morgan fingerprint density at radius 1 is 0.808 bits per heavy atom. The predicted molar refractivity (Wildman–Crippen MR) is 101 cm³/mol. The number of likely N-dealkylation sites (N-methyl/N-ethyl adjacent to an activating group) is 1. The molecule has 5 N–H and O–H groups in total. The third kappa shape index (κ3) is 11.1. The van der Waals surface area contributed by atoms with E-state index in [-0.39, 0.29) is 12.5 Å². The molecule has 0 bridgehead atoms.